The highest BCUT2D eigenvalue weighted by atomic mass is 31.3. The molecule has 0 aliphatic heterocycles. The van der Waals surface area contributed by atoms with Gasteiger partial charge in [-0.25, -0.2) is 13.9 Å². The Labute approximate surface area is 67.0 Å². The van der Waals surface area contributed by atoms with E-state index in [2.05, 4.69) is 10.9 Å². The second kappa shape index (κ2) is 5.37. The van der Waals surface area contributed by atoms with Gasteiger partial charge in [-0.3, -0.25) is 0 Å². The number of carbonyl (C=O) groups excluding carboxylic acids is 1. The number of rotatable bonds is 2. The fourth-order valence-corrected chi connectivity index (χ4v) is 1.25. The van der Waals surface area contributed by atoms with Crippen LogP contribution >= 0.6 is 15.6 Å². The largest absolute Gasteiger partial charge is 0.478 e. The predicted molar refractivity (Wildman–Crippen MR) is 36.5 cm³/mol. The molecule has 0 saturated heterocycles. The van der Waals surface area contributed by atoms with Crippen molar-refractivity contribution in [2.24, 2.45) is 0 Å². The van der Waals surface area contributed by atoms with Crippen molar-refractivity contribution in [3.63, 3.8) is 0 Å². The lowest BCUT2D eigenvalue weighted by molar-refractivity contribution is 0.225. The van der Waals surface area contributed by atoms with Crippen molar-refractivity contribution in [2.45, 2.75) is 0 Å². The van der Waals surface area contributed by atoms with Crippen LogP contribution in [0.4, 0.5) is 0 Å². The third kappa shape index (κ3) is 22.6. The van der Waals surface area contributed by atoms with E-state index in [-0.39, 0.29) is 0 Å². The first-order chi connectivity index (χ1) is 5.12. The van der Waals surface area contributed by atoms with Gasteiger partial charge >= 0.3 is 15.6 Å². The average Bonchev–Trinajstić information content (AvgIpc) is 1.53. The zero-order valence-corrected chi connectivity index (χ0v) is 7.31. The van der Waals surface area contributed by atoms with Gasteiger partial charge in [0.15, 0.2) is 0 Å². The predicted octanol–water partition coefficient (Wildman–Crippen LogP) is -0.808. The van der Waals surface area contributed by atoms with Crippen LogP contribution in [0.25, 0.3) is 0 Å². The Morgan fingerprint density at radius 1 is 1.08 bits per heavy atom. The van der Waals surface area contributed by atoms with E-state index < -0.39 is 15.6 Å². The van der Waals surface area contributed by atoms with Gasteiger partial charge in [0.05, 0.1) is 0 Å². The summed E-state index contributed by atoms with van der Waals surface area (Å²) in [5.74, 6) is 1.25. The minimum atomic E-state index is -5.05. The quantitative estimate of drug-likeness (QED) is 0.349. The summed E-state index contributed by atoms with van der Waals surface area (Å²) in [6.45, 7) is 2.68. The molecule has 0 spiro atoms. The van der Waals surface area contributed by atoms with Gasteiger partial charge < -0.3 is 19.6 Å². The monoisotopic (exact) mass is 220 g/mol. The molecule has 0 radical (unpaired) electrons. The Bertz CT molecular complexity index is 218. The zero-order valence-electron chi connectivity index (χ0n) is 5.52. The first kappa shape index (κ1) is 14.2. The summed E-state index contributed by atoms with van der Waals surface area (Å²) in [6.07, 6.45) is 0. The van der Waals surface area contributed by atoms with Crippen LogP contribution in [-0.4, -0.2) is 25.5 Å². The van der Waals surface area contributed by atoms with Crippen molar-refractivity contribution in [3.05, 3.63) is 6.58 Å². The number of hydrogen-bond acceptors (Lipinski definition) is 4. The molecule has 0 bridgehead atoms. The van der Waals surface area contributed by atoms with Crippen molar-refractivity contribution in [1.29, 1.82) is 0 Å². The Balaban J connectivity index is 0. The van der Waals surface area contributed by atoms with Crippen molar-refractivity contribution in [1.82, 2.24) is 0 Å². The Kier molecular flexibility index (Phi) is 6.38. The zero-order chi connectivity index (χ0) is 10.4. The highest BCUT2D eigenvalue weighted by Crippen LogP contribution is 2.53. The summed E-state index contributed by atoms with van der Waals surface area (Å²) in [5.41, 5.74) is 0. The fraction of sp³-hybridized carbons (Fsp3) is 0. The molecule has 0 amide bonds. The van der Waals surface area contributed by atoms with Gasteiger partial charge in [-0.1, -0.05) is 0 Å². The first-order valence-electron chi connectivity index (χ1n) is 2.09. The van der Waals surface area contributed by atoms with Crippen LogP contribution in [0.15, 0.2) is 6.58 Å². The molecule has 8 nitrogen and oxygen atoms in total. The van der Waals surface area contributed by atoms with Gasteiger partial charge in [-0.2, -0.15) is 4.31 Å². The Morgan fingerprint density at radius 3 is 1.25 bits per heavy atom. The molecule has 10 heteroatoms. The average molecular weight is 220 g/mol. The molecule has 0 aromatic heterocycles. The molecule has 0 fully saturated rings. The Hall–Kier alpha value is -0.290. The van der Waals surface area contributed by atoms with E-state index in [9.17, 15) is 9.13 Å². The molecule has 0 heterocycles. The topological polar surface area (TPSA) is 141 Å². The Morgan fingerprint density at radius 2 is 1.25 bits per heavy atom. The summed E-state index contributed by atoms with van der Waals surface area (Å²) < 4.78 is 22.2. The maximum absolute atomic E-state index is 9.63. The van der Waals surface area contributed by atoms with Gasteiger partial charge in [0.2, 0.25) is 0 Å². The normalized spacial score (nSPS) is 11.0. The highest BCUT2D eigenvalue weighted by Gasteiger charge is 2.27. The van der Waals surface area contributed by atoms with E-state index in [4.69, 9.17) is 24.4 Å². The van der Waals surface area contributed by atoms with Crippen LogP contribution in [0.2, 0.25) is 0 Å². The van der Waals surface area contributed by atoms with E-state index in [0.29, 0.717) is 0 Å². The molecule has 0 atom stereocenters. The molecule has 72 valence electrons. The van der Waals surface area contributed by atoms with E-state index >= 15 is 0 Å². The molecule has 0 saturated carbocycles. The van der Waals surface area contributed by atoms with Crippen molar-refractivity contribution in [3.8, 4) is 0 Å². The van der Waals surface area contributed by atoms with E-state index in [1.807, 2.05) is 0 Å². The van der Waals surface area contributed by atoms with E-state index in [1.54, 1.807) is 0 Å². The third-order valence-electron chi connectivity index (χ3n) is 0.213. The lowest BCUT2D eigenvalue weighted by Gasteiger charge is -2.03. The van der Waals surface area contributed by atoms with E-state index in [1.165, 1.54) is 5.94 Å². The first-order valence-corrected chi connectivity index (χ1v) is 5.15. The van der Waals surface area contributed by atoms with Gasteiger partial charge in [0.1, 0.15) is 5.94 Å². The standard InChI is InChI=1S/C2H2O.H4O7P2/c1-2-3;1-8(2,3)7-9(4,5)6/h1H2;(H2,1,2,3)(H2,4,5,6). The molecular weight excluding hydrogens is 214 g/mol. The van der Waals surface area contributed by atoms with Crippen LogP contribution in [0.5, 0.6) is 0 Å². The molecule has 0 aromatic rings. The molecule has 0 aromatic carbocycles. The van der Waals surface area contributed by atoms with Crippen LogP contribution in [0.3, 0.4) is 0 Å². The van der Waals surface area contributed by atoms with Gasteiger partial charge in [-0.15, -0.1) is 0 Å². The molecule has 0 unspecified atom stereocenters. The summed E-state index contributed by atoms with van der Waals surface area (Å²) in [6, 6.07) is 0. The summed E-state index contributed by atoms with van der Waals surface area (Å²) >= 11 is 0. The fourth-order valence-electron chi connectivity index (χ4n) is 0.139. The maximum atomic E-state index is 9.63. The molecule has 0 rings (SSSR count). The third-order valence-corrected chi connectivity index (χ3v) is 1.91. The molecule has 0 aliphatic rings. The van der Waals surface area contributed by atoms with Crippen LogP contribution in [0, 0.1) is 0 Å². The van der Waals surface area contributed by atoms with Gasteiger partial charge in [-0.05, 0) is 6.58 Å². The van der Waals surface area contributed by atoms with E-state index in [0.717, 1.165) is 0 Å². The van der Waals surface area contributed by atoms with Crippen LogP contribution in [0.1, 0.15) is 0 Å². The molecular formula is C2H6O8P2. The minimum Gasteiger partial charge on any atom is -0.302 e. The highest BCUT2D eigenvalue weighted by molar-refractivity contribution is 7.60. The maximum Gasteiger partial charge on any atom is 0.478 e. The second-order valence-corrected chi connectivity index (χ2v) is 3.82. The van der Waals surface area contributed by atoms with Gasteiger partial charge in [0, 0.05) is 0 Å². The summed E-state index contributed by atoms with van der Waals surface area (Å²) in [5, 5.41) is 0. The number of phosphoric acid groups is 2. The molecule has 12 heavy (non-hydrogen) atoms. The molecule has 0 aliphatic carbocycles. The summed E-state index contributed by atoms with van der Waals surface area (Å²) in [7, 11) is -10.1. The lowest BCUT2D eigenvalue weighted by Crippen LogP contribution is -1.84. The second-order valence-electron chi connectivity index (χ2n) is 1.21. The van der Waals surface area contributed by atoms with Crippen molar-refractivity contribution >= 4 is 21.6 Å². The minimum absolute atomic E-state index is 1.25. The van der Waals surface area contributed by atoms with Crippen LogP contribution < -0.4 is 0 Å². The SMILES string of the molecule is C=C=O.O=P(O)(O)OP(=O)(O)O. The van der Waals surface area contributed by atoms with Crippen molar-refractivity contribution in [2.75, 3.05) is 0 Å². The lowest BCUT2D eigenvalue weighted by atomic mass is 11.2. The van der Waals surface area contributed by atoms with Crippen LogP contribution in [-0.2, 0) is 18.2 Å². The summed E-state index contributed by atoms with van der Waals surface area (Å²) in [4.78, 5) is 39.6. The number of hydrogen-bond donors (Lipinski definition) is 4. The van der Waals surface area contributed by atoms with Crippen molar-refractivity contribution < 1.29 is 37.8 Å². The van der Waals surface area contributed by atoms with Gasteiger partial charge in [0.25, 0.3) is 0 Å². The molecule has 4 N–H and O–H groups in total. The smallest absolute Gasteiger partial charge is 0.302 e.